The third kappa shape index (κ3) is 4.34. The summed E-state index contributed by atoms with van der Waals surface area (Å²) in [7, 11) is 0. The summed E-state index contributed by atoms with van der Waals surface area (Å²) < 4.78 is 1.85. The van der Waals surface area contributed by atoms with Crippen molar-refractivity contribution in [3.8, 4) is 0 Å². The van der Waals surface area contributed by atoms with Crippen molar-refractivity contribution >= 4 is 5.91 Å². The Morgan fingerprint density at radius 1 is 1.55 bits per heavy atom. The quantitative estimate of drug-likeness (QED) is 0.746. The summed E-state index contributed by atoms with van der Waals surface area (Å²) in [4.78, 5) is 11.9. The molecule has 1 saturated heterocycles. The highest BCUT2D eigenvalue weighted by atomic mass is 16.2. The van der Waals surface area contributed by atoms with E-state index in [9.17, 15) is 4.79 Å². The molecule has 2 heterocycles. The van der Waals surface area contributed by atoms with E-state index in [1.54, 1.807) is 6.20 Å². The van der Waals surface area contributed by atoms with Crippen LogP contribution in [0.3, 0.4) is 0 Å². The minimum absolute atomic E-state index is 0.0646. The van der Waals surface area contributed by atoms with E-state index >= 15 is 0 Å². The van der Waals surface area contributed by atoms with Gasteiger partial charge in [0.2, 0.25) is 5.91 Å². The molecule has 20 heavy (non-hydrogen) atoms. The second-order valence-corrected chi connectivity index (χ2v) is 5.51. The zero-order valence-electron chi connectivity index (χ0n) is 12.4. The molecule has 5 nitrogen and oxygen atoms in total. The fourth-order valence-electron chi connectivity index (χ4n) is 2.72. The zero-order valence-corrected chi connectivity index (χ0v) is 12.4. The molecule has 2 rings (SSSR count). The number of unbranched alkanes of at least 4 members (excludes halogenated alkanes) is 2. The molecule has 1 fully saturated rings. The highest BCUT2D eigenvalue weighted by molar-refractivity contribution is 5.75. The number of carbonyl (C=O) groups excluding carboxylic acids is 1. The molecule has 112 valence electrons. The molecule has 0 spiro atoms. The number of nitrogens with zero attached hydrogens (tertiary/aromatic N) is 2. The number of piperidine rings is 1. The fraction of sp³-hybridized carbons (Fsp3) is 0.733. The molecule has 1 aliphatic rings. The first-order valence-corrected chi connectivity index (χ1v) is 7.80. The van der Waals surface area contributed by atoms with Crippen LogP contribution in [0.2, 0.25) is 0 Å². The summed E-state index contributed by atoms with van der Waals surface area (Å²) in [5.41, 5.74) is 1.18. The first kappa shape index (κ1) is 15.0. The van der Waals surface area contributed by atoms with Gasteiger partial charge >= 0.3 is 0 Å². The summed E-state index contributed by atoms with van der Waals surface area (Å²) >= 11 is 0. The maximum Gasteiger partial charge on any atom is 0.241 e. The molecule has 0 aliphatic carbocycles. The highest BCUT2D eigenvalue weighted by Gasteiger charge is 2.19. The number of nitrogens with one attached hydrogen (secondary N) is 2. The Labute approximate surface area is 121 Å². The van der Waals surface area contributed by atoms with E-state index in [0.717, 1.165) is 26.1 Å². The lowest BCUT2D eigenvalue weighted by Gasteiger charge is -2.23. The summed E-state index contributed by atoms with van der Waals surface area (Å²) in [6, 6.07) is 2.04. The van der Waals surface area contributed by atoms with Crippen molar-refractivity contribution in [2.45, 2.75) is 51.5 Å². The van der Waals surface area contributed by atoms with Gasteiger partial charge < -0.3 is 10.6 Å². The van der Waals surface area contributed by atoms with Crippen LogP contribution in [-0.2, 0) is 11.3 Å². The number of hydrogen-bond acceptors (Lipinski definition) is 3. The topological polar surface area (TPSA) is 59.0 Å². The lowest BCUT2D eigenvalue weighted by molar-refractivity contribution is -0.121. The SMILES string of the molecule is CCCCCNC(=O)Cn1nccc1[C@H]1CCCNC1. The largest absolute Gasteiger partial charge is 0.354 e. The highest BCUT2D eigenvalue weighted by Crippen LogP contribution is 2.22. The molecule has 5 heteroatoms. The van der Waals surface area contributed by atoms with E-state index in [1.807, 2.05) is 10.7 Å². The van der Waals surface area contributed by atoms with Crippen LogP contribution >= 0.6 is 0 Å². The second kappa shape index (κ2) is 8.04. The zero-order chi connectivity index (χ0) is 14.2. The summed E-state index contributed by atoms with van der Waals surface area (Å²) in [5, 5.41) is 10.7. The van der Waals surface area contributed by atoms with Gasteiger partial charge in [-0.25, -0.2) is 0 Å². The Bertz CT molecular complexity index is 410. The molecule has 2 N–H and O–H groups in total. The Kier molecular flexibility index (Phi) is 6.05. The van der Waals surface area contributed by atoms with Gasteiger partial charge in [0.1, 0.15) is 6.54 Å². The van der Waals surface area contributed by atoms with Gasteiger partial charge in [-0.2, -0.15) is 5.10 Å². The molecule has 1 aromatic rings. The average molecular weight is 278 g/mol. The number of carbonyl (C=O) groups is 1. The minimum atomic E-state index is 0.0646. The van der Waals surface area contributed by atoms with E-state index in [0.29, 0.717) is 12.5 Å². The van der Waals surface area contributed by atoms with E-state index < -0.39 is 0 Å². The van der Waals surface area contributed by atoms with Crippen molar-refractivity contribution in [1.29, 1.82) is 0 Å². The summed E-state index contributed by atoms with van der Waals surface area (Å²) in [6.45, 7) is 5.36. The average Bonchev–Trinajstić information content (AvgIpc) is 2.92. The summed E-state index contributed by atoms with van der Waals surface area (Å²) in [6.07, 6.45) is 7.57. The molecule has 1 aliphatic heterocycles. The van der Waals surface area contributed by atoms with Crippen molar-refractivity contribution in [2.24, 2.45) is 0 Å². The van der Waals surface area contributed by atoms with Gasteiger partial charge in [0.15, 0.2) is 0 Å². The van der Waals surface area contributed by atoms with Crippen LogP contribution in [-0.4, -0.2) is 35.3 Å². The predicted octanol–water partition coefficient (Wildman–Crippen LogP) is 1.66. The van der Waals surface area contributed by atoms with Crippen molar-refractivity contribution in [1.82, 2.24) is 20.4 Å². The monoisotopic (exact) mass is 278 g/mol. The maximum atomic E-state index is 11.9. The minimum Gasteiger partial charge on any atom is -0.354 e. The van der Waals surface area contributed by atoms with Gasteiger partial charge in [0.25, 0.3) is 0 Å². The molecule has 0 saturated carbocycles. The van der Waals surface area contributed by atoms with E-state index in [2.05, 4.69) is 22.7 Å². The molecular formula is C15H26N4O. The van der Waals surface area contributed by atoms with E-state index in [1.165, 1.54) is 31.4 Å². The number of hydrogen-bond donors (Lipinski definition) is 2. The Hall–Kier alpha value is -1.36. The van der Waals surface area contributed by atoms with Crippen molar-refractivity contribution in [2.75, 3.05) is 19.6 Å². The number of aromatic nitrogens is 2. The van der Waals surface area contributed by atoms with Gasteiger partial charge in [-0.1, -0.05) is 19.8 Å². The first-order valence-electron chi connectivity index (χ1n) is 7.80. The first-order chi connectivity index (χ1) is 9.81. The van der Waals surface area contributed by atoms with E-state index in [-0.39, 0.29) is 5.91 Å². The van der Waals surface area contributed by atoms with Crippen molar-refractivity contribution in [3.63, 3.8) is 0 Å². The van der Waals surface area contributed by atoms with Crippen molar-refractivity contribution < 1.29 is 4.79 Å². The molecule has 0 bridgehead atoms. The second-order valence-electron chi connectivity index (χ2n) is 5.51. The third-order valence-corrected chi connectivity index (χ3v) is 3.86. The Balaban J connectivity index is 1.83. The maximum absolute atomic E-state index is 11.9. The van der Waals surface area contributed by atoms with Gasteiger partial charge in [-0.15, -0.1) is 0 Å². The van der Waals surface area contributed by atoms with Crippen LogP contribution in [0.25, 0.3) is 0 Å². The smallest absolute Gasteiger partial charge is 0.241 e. The molecule has 0 unspecified atom stereocenters. The molecule has 1 amide bonds. The van der Waals surface area contributed by atoms with Crippen LogP contribution in [0, 0.1) is 0 Å². The molecule has 1 atom stereocenters. The molecular weight excluding hydrogens is 252 g/mol. The van der Waals surface area contributed by atoms with Gasteiger partial charge in [0.05, 0.1) is 0 Å². The third-order valence-electron chi connectivity index (χ3n) is 3.86. The Morgan fingerprint density at radius 2 is 2.45 bits per heavy atom. The van der Waals surface area contributed by atoms with Crippen LogP contribution in [0.1, 0.15) is 50.6 Å². The van der Waals surface area contributed by atoms with Crippen LogP contribution in [0.5, 0.6) is 0 Å². The lowest BCUT2D eigenvalue weighted by Crippen LogP contribution is -2.32. The van der Waals surface area contributed by atoms with Gasteiger partial charge in [-0.05, 0) is 31.9 Å². The standard InChI is InChI=1S/C15H26N4O/c1-2-3-4-9-17-15(20)12-19-14(7-10-18-19)13-6-5-8-16-11-13/h7,10,13,16H,2-6,8-9,11-12H2,1H3,(H,17,20)/t13-/m0/s1. The lowest BCUT2D eigenvalue weighted by atomic mass is 9.96. The fourth-order valence-corrected chi connectivity index (χ4v) is 2.72. The summed E-state index contributed by atoms with van der Waals surface area (Å²) in [5.74, 6) is 0.550. The molecule has 0 aromatic carbocycles. The molecule has 1 aromatic heterocycles. The van der Waals surface area contributed by atoms with Crippen molar-refractivity contribution in [3.05, 3.63) is 18.0 Å². The normalized spacial score (nSPS) is 18.9. The number of amides is 1. The van der Waals surface area contributed by atoms with Gasteiger partial charge in [-0.3, -0.25) is 9.48 Å². The predicted molar refractivity (Wildman–Crippen MR) is 79.6 cm³/mol. The Morgan fingerprint density at radius 3 is 3.20 bits per heavy atom. The molecule has 0 radical (unpaired) electrons. The van der Waals surface area contributed by atoms with E-state index in [4.69, 9.17) is 0 Å². The number of rotatable bonds is 7. The van der Waals surface area contributed by atoms with Crippen LogP contribution < -0.4 is 10.6 Å². The van der Waals surface area contributed by atoms with Crippen LogP contribution in [0.15, 0.2) is 12.3 Å². The van der Waals surface area contributed by atoms with Crippen LogP contribution in [0.4, 0.5) is 0 Å². The van der Waals surface area contributed by atoms with Gasteiger partial charge in [0, 0.05) is 30.9 Å².